The SMILES string of the molecule is COc1ccc(Br)c(/C=C2\CCC/C(=C\c3cc(O)ccc3Br)C2=O)c1. The molecule has 0 atom stereocenters. The van der Waals surface area contributed by atoms with Gasteiger partial charge in [0.05, 0.1) is 7.11 Å². The van der Waals surface area contributed by atoms with Gasteiger partial charge in [-0.2, -0.15) is 0 Å². The maximum Gasteiger partial charge on any atom is 0.185 e. The Morgan fingerprint density at radius 1 is 0.962 bits per heavy atom. The molecule has 1 aliphatic rings. The van der Waals surface area contributed by atoms with Gasteiger partial charge in [-0.05, 0) is 78.9 Å². The number of hydrogen-bond acceptors (Lipinski definition) is 3. The molecule has 0 spiro atoms. The van der Waals surface area contributed by atoms with Crippen LogP contribution in [0, 0.1) is 0 Å². The number of halogens is 2. The molecule has 26 heavy (non-hydrogen) atoms. The van der Waals surface area contributed by atoms with Crippen molar-refractivity contribution in [3.63, 3.8) is 0 Å². The lowest BCUT2D eigenvalue weighted by Crippen LogP contribution is -2.12. The van der Waals surface area contributed by atoms with E-state index in [1.54, 1.807) is 25.3 Å². The van der Waals surface area contributed by atoms with Gasteiger partial charge in [0.25, 0.3) is 0 Å². The van der Waals surface area contributed by atoms with E-state index in [0.29, 0.717) is 0 Å². The number of Topliss-reactive ketones (excluding diaryl/α,β-unsaturated/α-hetero) is 1. The third-order valence-electron chi connectivity index (χ3n) is 4.32. The molecule has 2 aromatic carbocycles. The van der Waals surface area contributed by atoms with Gasteiger partial charge in [0, 0.05) is 20.1 Å². The molecule has 0 bridgehead atoms. The summed E-state index contributed by atoms with van der Waals surface area (Å²) < 4.78 is 7.05. The molecule has 1 fully saturated rings. The van der Waals surface area contributed by atoms with E-state index >= 15 is 0 Å². The van der Waals surface area contributed by atoms with Gasteiger partial charge >= 0.3 is 0 Å². The average molecular weight is 478 g/mol. The quantitative estimate of drug-likeness (QED) is 0.539. The van der Waals surface area contributed by atoms with Crippen LogP contribution in [0.1, 0.15) is 30.4 Å². The number of allylic oxidation sites excluding steroid dienone is 2. The molecule has 0 aromatic heterocycles. The Bertz CT molecular complexity index is 913. The molecular weight excluding hydrogens is 460 g/mol. The minimum atomic E-state index is 0.0567. The number of hydrogen-bond donors (Lipinski definition) is 1. The maximum atomic E-state index is 12.9. The third kappa shape index (κ3) is 4.27. The first-order valence-electron chi connectivity index (χ1n) is 8.26. The lowest BCUT2D eigenvalue weighted by Gasteiger charge is -2.17. The fraction of sp³-hybridized carbons (Fsp3) is 0.190. The van der Waals surface area contributed by atoms with E-state index in [9.17, 15) is 9.90 Å². The van der Waals surface area contributed by atoms with Crippen molar-refractivity contribution in [2.24, 2.45) is 0 Å². The summed E-state index contributed by atoms with van der Waals surface area (Å²) in [4.78, 5) is 12.9. The fourth-order valence-electron chi connectivity index (χ4n) is 2.95. The highest BCUT2D eigenvalue weighted by Gasteiger charge is 2.21. The van der Waals surface area contributed by atoms with Crippen LogP contribution in [0.3, 0.4) is 0 Å². The normalized spacial score (nSPS) is 17.7. The van der Waals surface area contributed by atoms with Crippen LogP contribution < -0.4 is 4.74 Å². The fourth-order valence-corrected chi connectivity index (χ4v) is 3.68. The summed E-state index contributed by atoms with van der Waals surface area (Å²) >= 11 is 7.00. The van der Waals surface area contributed by atoms with Gasteiger partial charge in [-0.3, -0.25) is 4.79 Å². The topological polar surface area (TPSA) is 46.5 Å². The number of carbonyl (C=O) groups is 1. The molecule has 0 unspecified atom stereocenters. The molecule has 0 radical (unpaired) electrons. The van der Waals surface area contributed by atoms with Crippen LogP contribution in [-0.4, -0.2) is 18.0 Å². The smallest absolute Gasteiger partial charge is 0.185 e. The Morgan fingerprint density at radius 3 is 2.15 bits per heavy atom. The van der Waals surface area contributed by atoms with Crippen molar-refractivity contribution in [1.29, 1.82) is 0 Å². The summed E-state index contributed by atoms with van der Waals surface area (Å²) in [6.07, 6.45) is 6.19. The van der Waals surface area contributed by atoms with Crippen LogP contribution in [0.2, 0.25) is 0 Å². The van der Waals surface area contributed by atoms with Gasteiger partial charge in [-0.25, -0.2) is 0 Å². The molecule has 0 amide bonds. The van der Waals surface area contributed by atoms with E-state index in [1.807, 2.05) is 30.4 Å². The molecule has 0 saturated heterocycles. The van der Waals surface area contributed by atoms with Gasteiger partial charge in [0.1, 0.15) is 11.5 Å². The second kappa shape index (κ2) is 8.23. The molecule has 1 saturated carbocycles. The van der Waals surface area contributed by atoms with E-state index in [4.69, 9.17) is 4.74 Å². The van der Waals surface area contributed by atoms with Crippen molar-refractivity contribution < 1.29 is 14.6 Å². The summed E-state index contributed by atoms with van der Waals surface area (Å²) in [7, 11) is 1.62. The van der Waals surface area contributed by atoms with Gasteiger partial charge < -0.3 is 9.84 Å². The number of ether oxygens (including phenoxy) is 1. The van der Waals surface area contributed by atoms with Crippen molar-refractivity contribution in [3.8, 4) is 11.5 Å². The molecule has 5 heteroatoms. The molecule has 1 N–H and O–H groups in total. The third-order valence-corrected chi connectivity index (χ3v) is 5.76. The van der Waals surface area contributed by atoms with Crippen molar-refractivity contribution in [2.45, 2.75) is 19.3 Å². The minimum absolute atomic E-state index is 0.0567. The van der Waals surface area contributed by atoms with Crippen LogP contribution >= 0.6 is 31.9 Å². The zero-order chi connectivity index (χ0) is 18.7. The number of methoxy groups -OCH3 is 1. The Hall–Kier alpha value is -1.85. The van der Waals surface area contributed by atoms with Crippen LogP contribution in [-0.2, 0) is 4.79 Å². The van der Waals surface area contributed by atoms with Crippen molar-refractivity contribution >= 4 is 49.8 Å². The molecule has 134 valence electrons. The second-order valence-electron chi connectivity index (χ2n) is 6.12. The molecular formula is C21H18Br2O3. The lowest BCUT2D eigenvalue weighted by atomic mass is 9.87. The lowest BCUT2D eigenvalue weighted by molar-refractivity contribution is -0.112. The first kappa shape index (κ1) is 18.9. The van der Waals surface area contributed by atoms with E-state index < -0.39 is 0 Å². The Balaban J connectivity index is 1.95. The largest absolute Gasteiger partial charge is 0.508 e. The van der Waals surface area contributed by atoms with E-state index in [-0.39, 0.29) is 11.5 Å². The molecule has 1 aliphatic carbocycles. The number of carbonyl (C=O) groups excluding carboxylic acids is 1. The molecule has 0 aliphatic heterocycles. The van der Waals surface area contributed by atoms with Gasteiger partial charge in [-0.15, -0.1) is 0 Å². The van der Waals surface area contributed by atoms with Crippen molar-refractivity contribution in [3.05, 3.63) is 67.6 Å². The highest BCUT2D eigenvalue weighted by Crippen LogP contribution is 2.32. The molecule has 2 aromatic rings. The highest BCUT2D eigenvalue weighted by atomic mass is 79.9. The summed E-state index contributed by atoms with van der Waals surface area (Å²) in [6.45, 7) is 0. The van der Waals surface area contributed by atoms with E-state index in [1.165, 1.54) is 0 Å². The molecule has 0 heterocycles. The second-order valence-corrected chi connectivity index (χ2v) is 7.82. The highest BCUT2D eigenvalue weighted by molar-refractivity contribution is 9.10. The monoisotopic (exact) mass is 476 g/mol. The number of benzene rings is 2. The van der Waals surface area contributed by atoms with Crippen LogP contribution in [0.15, 0.2) is 56.5 Å². The molecule has 3 rings (SSSR count). The van der Waals surface area contributed by atoms with Crippen LogP contribution in [0.5, 0.6) is 11.5 Å². The Kier molecular flexibility index (Phi) is 5.99. The number of rotatable bonds is 3. The summed E-state index contributed by atoms with van der Waals surface area (Å²) in [5.41, 5.74) is 3.27. The van der Waals surface area contributed by atoms with E-state index in [0.717, 1.165) is 56.2 Å². The predicted molar refractivity (Wildman–Crippen MR) is 111 cm³/mol. The maximum absolute atomic E-state index is 12.9. The number of ketones is 1. The van der Waals surface area contributed by atoms with Gasteiger partial charge in [-0.1, -0.05) is 31.9 Å². The summed E-state index contributed by atoms with van der Waals surface area (Å²) in [6, 6.07) is 10.7. The number of phenolic OH excluding ortho intramolecular Hbond substituents is 1. The molecule has 3 nitrogen and oxygen atoms in total. The van der Waals surface area contributed by atoms with Crippen molar-refractivity contribution in [1.82, 2.24) is 0 Å². The Morgan fingerprint density at radius 2 is 1.54 bits per heavy atom. The zero-order valence-electron chi connectivity index (χ0n) is 14.3. The minimum Gasteiger partial charge on any atom is -0.508 e. The number of phenols is 1. The van der Waals surface area contributed by atoms with Crippen LogP contribution in [0.25, 0.3) is 12.2 Å². The van der Waals surface area contributed by atoms with Gasteiger partial charge in [0.15, 0.2) is 5.78 Å². The predicted octanol–water partition coefficient (Wildman–Crippen LogP) is 6.15. The van der Waals surface area contributed by atoms with Crippen molar-refractivity contribution in [2.75, 3.05) is 7.11 Å². The summed E-state index contributed by atoms with van der Waals surface area (Å²) in [5.74, 6) is 0.989. The number of aromatic hydroxyl groups is 1. The Labute approximate surface area is 169 Å². The van der Waals surface area contributed by atoms with E-state index in [2.05, 4.69) is 31.9 Å². The standard InChI is InChI=1S/C21H18Br2O3/c1-26-18-6-8-20(23)16(12-18)10-14-4-2-3-13(21(14)25)9-15-11-17(24)5-7-19(15)22/h5-12,24H,2-4H2,1H3/b13-9+,14-10+. The van der Waals surface area contributed by atoms with Crippen LogP contribution in [0.4, 0.5) is 0 Å². The first-order chi connectivity index (χ1) is 12.5. The zero-order valence-corrected chi connectivity index (χ0v) is 17.4. The summed E-state index contributed by atoms with van der Waals surface area (Å²) in [5, 5.41) is 9.70. The first-order valence-corrected chi connectivity index (χ1v) is 9.84. The average Bonchev–Trinajstić information content (AvgIpc) is 2.63. The van der Waals surface area contributed by atoms with Gasteiger partial charge in [0.2, 0.25) is 0 Å².